The quantitative estimate of drug-likeness (QED) is 0.675. The molecule has 0 N–H and O–H groups in total. The van der Waals surface area contributed by atoms with Gasteiger partial charge in [0.15, 0.2) is 5.76 Å². The smallest absolute Gasteiger partial charge is 0.288 e. The minimum Gasteiger partial charge on any atom is -0.488 e. The van der Waals surface area contributed by atoms with Crippen LogP contribution in [0.2, 0.25) is 0 Å². The number of rotatable bonds is 1. The molecule has 16 heavy (non-hydrogen) atoms. The minimum absolute atomic E-state index is 0.0155. The van der Waals surface area contributed by atoms with Crippen molar-refractivity contribution < 1.29 is 14.3 Å². The van der Waals surface area contributed by atoms with Gasteiger partial charge in [-0.2, -0.15) is 0 Å². The Morgan fingerprint density at radius 1 is 1.38 bits per heavy atom. The Morgan fingerprint density at radius 2 is 2.06 bits per heavy atom. The molecule has 1 saturated heterocycles. The number of morpholine rings is 1. The summed E-state index contributed by atoms with van der Waals surface area (Å²) < 4.78 is 11.0. The van der Waals surface area contributed by atoms with E-state index in [0.717, 1.165) is 12.8 Å². The van der Waals surface area contributed by atoms with Crippen LogP contribution in [0.5, 0.6) is 0 Å². The van der Waals surface area contributed by atoms with Gasteiger partial charge in [0.25, 0.3) is 5.91 Å². The largest absolute Gasteiger partial charge is 0.488 e. The van der Waals surface area contributed by atoms with E-state index < -0.39 is 0 Å². The molecule has 0 bridgehead atoms. The third kappa shape index (κ3) is 2.55. The second-order valence-corrected chi connectivity index (χ2v) is 4.53. The summed E-state index contributed by atoms with van der Waals surface area (Å²) in [6, 6.07) is 0. The van der Waals surface area contributed by atoms with Crippen LogP contribution in [-0.4, -0.2) is 42.7 Å². The average Bonchev–Trinajstić information content (AvgIpc) is 2.28. The van der Waals surface area contributed by atoms with E-state index >= 15 is 0 Å². The van der Waals surface area contributed by atoms with Crippen molar-refractivity contribution in [1.29, 1.82) is 0 Å². The van der Waals surface area contributed by atoms with E-state index in [0.29, 0.717) is 25.5 Å². The topological polar surface area (TPSA) is 38.8 Å². The molecule has 0 aromatic rings. The van der Waals surface area contributed by atoms with Crippen molar-refractivity contribution in [3.63, 3.8) is 0 Å². The number of hydrogen-bond acceptors (Lipinski definition) is 3. The molecule has 2 unspecified atom stereocenters. The maximum Gasteiger partial charge on any atom is 0.288 e. The molecule has 2 atom stereocenters. The molecule has 2 rings (SSSR count). The van der Waals surface area contributed by atoms with Crippen molar-refractivity contribution in [2.24, 2.45) is 0 Å². The predicted molar refractivity (Wildman–Crippen MR) is 59.9 cm³/mol. The highest BCUT2D eigenvalue weighted by Gasteiger charge is 2.28. The Bertz CT molecular complexity index is 291. The van der Waals surface area contributed by atoms with Gasteiger partial charge in [0.1, 0.15) is 0 Å². The van der Waals surface area contributed by atoms with Crippen molar-refractivity contribution in [1.82, 2.24) is 4.90 Å². The molecule has 4 nitrogen and oxygen atoms in total. The number of ether oxygens (including phenoxy) is 2. The van der Waals surface area contributed by atoms with E-state index in [-0.39, 0.29) is 18.1 Å². The number of hydrogen-bond donors (Lipinski definition) is 0. The highest BCUT2D eigenvalue weighted by Crippen LogP contribution is 2.17. The summed E-state index contributed by atoms with van der Waals surface area (Å²) in [7, 11) is 0. The van der Waals surface area contributed by atoms with Gasteiger partial charge in [-0.3, -0.25) is 4.79 Å². The molecule has 0 saturated carbocycles. The molecule has 1 amide bonds. The third-order valence-corrected chi connectivity index (χ3v) is 2.85. The molecule has 90 valence electrons. The summed E-state index contributed by atoms with van der Waals surface area (Å²) in [4.78, 5) is 14.0. The first-order valence-corrected chi connectivity index (χ1v) is 5.94. The lowest BCUT2D eigenvalue weighted by Gasteiger charge is -2.35. The highest BCUT2D eigenvalue weighted by atomic mass is 16.5. The van der Waals surface area contributed by atoms with Crippen LogP contribution < -0.4 is 0 Å². The number of nitrogens with zero attached hydrogens (tertiary/aromatic N) is 1. The molecular weight excluding hydrogens is 206 g/mol. The standard InChI is InChI=1S/C12H19NO3/c1-9-7-13(8-10(2)16-9)12(14)11-5-3-4-6-15-11/h5,9-10H,3-4,6-8H2,1-2H3. The predicted octanol–water partition coefficient (Wildman–Crippen LogP) is 1.32. The Labute approximate surface area is 96.2 Å². The first-order chi connectivity index (χ1) is 7.66. The summed E-state index contributed by atoms with van der Waals surface area (Å²) in [6.07, 6.45) is 4.06. The van der Waals surface area contributed by atoms with Gasteiger partial charge in [-0.1, -0.05) is 0 Å². The maximum atomic E-state index is 12.1. The van der Waals surface area contributed by atoms with Gasteiger partial charge in [0, 0.05) is 13.1 Å². The first-order valence-electron chi connectivity index (χ1n) is 5.94. The van der Waals surface area contributed by atoms with Crippen LogP contribution >= 0.6 is 0 Å². The molecular formula is C12H19NO3. The fourth-order valence-electron chi connectivity index (χ4n) is 2.21. The summed E-state index contributed by atoms with van der Waals surface area (Å²) in [5.74, 6) is 0.536. The fourth-order valence-corrected chi connectivity index (χ4v) is 2.21. The van der Waals surface area contributed by atoms with E-state index in [2.05, 4.69) is 0 Å². The molecule has 0 aliphatic carbocycles. The van der Waals surface area contributed by atoms with Gasteiger partial charge in [-0.25, -0.2) is 0 Å². The minimum atomic E-state index is 0.0155. The van der Waals surface area contributed by atoms with Crippen molar-refractivity contribution in [2.75, 3.05) is 19.7 Å². The zero-order valence-electron chi connectivity index (χ0n) is 9.94. The van der Waals surface area contributed by atoms with Crippen LogP contribution in [-0.2, 0) is 14.3 Å². The van der Waals surface area contributed by atoms with Gasteiger partial charge in [0.2, 0.25) is 0 Å². The normalized spacial score (nSPS) is 30.6. The Hall–Kier alpha value is -1.03. The van der Waals surface area contributed by atoms with Crippen LogP contribution in [0.4, 0.5) is 0 Å². The Morgan fingerprint density at radius 3 is 2.62 bits per heavy atom. The molecule has 2 heterocycles. The van der Waals surface area contributed by atoms with E-state index in [1.165, 1.54) is 0 Å². The van der Waals surface area contributed by atoms with Crippen molar-refractivity contribution in [3.8, 4) is 0 Å². The molecule has 0 aromatic carbocycles. The van der Waals surface area contributed by atoms with Crippen LogP contribution in [0.25, 0.3) is 0 Å². The Balaban J connectivity index is 2.00. The molecule has 1 fully saturated rings. The second-order valence-electron chi connectivity index (χ2n) is 4.53. The van der Waals surface area contributed by atoms with Gasteiger partial charge >= 0.3 is 0 Å². The van der Waals surface area contributed by atoms with Crippen LogP contribution in [0.3, 0.4) is 0 Å². The molecule has 0 spiro atoms. The van der Waals surface area contributed by atoms with E-state index in [9.17, 15) is 4.79 Å². The second kappa shape index (κ2) is 4.87. The molecule has 0 radical (unpaired) electrons. The number of carbonyl (C=O) groups is 1. The average molecular weight is 225 g/mol. The van der Waals surface area contributed by atoms with Crippen molar-refractivity contribution >= 4 is 5.91 Å². The fraction of sp³-hybridized carbons (Fsp3) is 0.750. The van der Waals surface area contributed by atoms with Crippen molar-refractivity contribution in [3.05, 3.63) is 11.8 Å². The monoisotopic (exact) mass is 225 g/mol. The molecule has 2 aliphatic heterocycles. The molecule has 4 heteroatoms. The summed E-state index contributed by atoms with van der Waals surface area (Å²) in [6.45, 7) is 5.96. The lowest BCUT2D eigenvalue weighted by Crippen LogP contribution is -2.49. The van der Waals surface area contributed by atoms with Crippen LogP contribution in [0.15, 0.2) is 11.8 Å². The summed E-state index contributed by atoms with van der Waals surface area (Å²) in [5.41, 5.74) is 0. The van der Waals surface area contributed by atoms with Gasteiger partial charge in [0.05, 0.1) is 18.8 Å². The zero-order chi connectivity index (χ0) is 11.5. The maximum absolute atomic E-state index is 12.1. The van der Waals surface area contributed by atoms with E-state index in [1.54, 1.807) is 0 Å². The van der Waals surface area contributed by atoms with Crippen LogP contribution in [0, 0.1) is 0 Å². The highest BCUT2D eigenvalue weighted by molar-refractivity contribution is 5.91. The number of amides is 1. The van der Waals surface area contributed by atoms with E-state index in [4.69, 9.17) is 9.47 Å². The Kier molecular flexibility index (Phi) is 3.49. The summed E-state index contributed by atoms with van der Waals surface area (Å²) >= 11 is 0. The van der Waals surface area contributed by atoms with Gasteiger partial charge < -0.3 is 14.4 Å². The SMILES string of the molecule is CC1CN(C(=O)C2=CCCCO2)CC(C)O1. The van der Waals surface area contributed by atoms with E-state index in [1.807, 2.05) is 24.8 Å². The molecule has 0 aromatic heterocycles. The van der Waals surface area contributed by atoms with Gasteiger partial charge in [-0.15, -0.1) is 0 Å². The third-order valence-electron chi connectivity index (χ3n) is 2.85. The number of allylic oxidation sites excluding steroid dienone is 1. The molecule has 2 aliphatic rings. The van der Waals surface area contributed by atoms with Gasteiger partial charge in [-0.05, 0) is 32.8 Å². The van der Waals surface area contributed by atoms with Crippen LogP contribution in [0.1, 0.15) is 26.7 Å². The lowest BCUT2D eigenvalue weighted by atomic mass is 10.2. The summed E-state index contributed by atoms with van der Waals surface area (Å²) in [5, 5.41) is 0. The number of carbonyl (C=O) groups excluding carboxylic acids is 1. The first kappa shape index (κ1) is 11.5. The zero-order valence-corrected chi connectivity index (χ0v) is 9.94. The van der Waals surface area contributed by atoms with Crippen molar-refractivity contribution in [2.45, 2.75) is 38.9 Å². The lowest BCUT2D eigenvalue weighted by molar-refractivity contribution is -0.143.